The Morgan fingerprint density at radius 1 is 0.962 bits per heavy atom. The minimum absolute atomic E-state index is 0.145. The van der Waals surface area contributed by atoms with Crippen molar-refractivity contribution in [3.8, 4) is 0 Å². The van der Waals surface area contributed by atoms with Crippen molar-refractivity contribution in [2.45, 2.75) is 32.7 Å². The van der Waals surface area contributed by atoms with Crippen LogP contribution in [0.25, 0.3) is 0 Å². The van der Waals surface area contributed by atoms with Gasteiger partial charge in [0.25, 0.3) is 5.91 Å². The Kier molecular flexibility index (Phi) is 6.80. The van der Waals surface area contributed by atoms with Crippen LogP contribution >= 0.6 is 0 Å². The zero-order chi connectivity index (χ0) is 19.2. The van der Waals surface area contributed by atoms with Gasteiger partial charge in [0, 0.05) is 19.2 Å². The van der Waals surface area contributed by atoms with E-state index in [4.69, 9.17) is 0 Å². The highest BCUT2D eigenvalue weighted by molar-refractivity contribution is 5.94. The molecule has 0 N–H and O–H groups in total. The molecule has 140 valence electrons. The maximum absolute atomic E-state index is 12.5. The number of hydrogen-bond acceptors (Lipinski definition) is 2. The highest BCUT2D eigenvalue weighted by Gasteiger charge is 2.27. The number of carbonyl (C=O) groups excluding carboxylic acids is 1. The van der Waals surface area contributed by atoms with E-state index in [1.54, 1.807) is 36.2 Å². The fraction of sp³-hybridized carbons (Fsp3) is 0.350. The van der Waals surface area contributed by atoms with Crippen molar-refractivity contribution in [2.75, 3.05) is 13.7 Å². The third-order valence-corrected chi connectivity index (χ3v) is 3.93. The Morgan fingerprint density at radius 2 is 1.50 bits per heavy atom. The van der Waals surface area contributed by atoms with Crippen LogP contribution in [0.4, 0.5) is 13.2 Å². The molecule has 0 heterocycles. The first-order valence-corrected chi connectivity index (χ1v) is 8.35. The molecule has 0 unspecified atom stereocenters. The van der Waals surface area contributed by atoms with Crippen LogP contribution in [0.5, 0.6) is 0 Å². The molecule has 2 rings (SSSR count). The summed E-state index contributed by atoms with van der Waals surface area (Å²) in [6.07, 6.45) is -3.37. The zero-order valence-electron chi connectivity index (χ0n) is 14.8. The summed E-state index contributed by atoms with van der Waals surface area (Å²) < 4.78 is 40.8. The third-order valence-electron chi connectivity index (χ3n) is 3.93. The van der Waals surface area contributed by atoms with Gasteiger partial charge in [0.2, 0.25) is 0 Å². The van der Waals surface area contributed by atoms with Gasteiger partial charge < -0.3 is 9.64 Å². The minimum atomic E-state index is -4.34. The average Bonchev–Trinajstić information content (AvgIpc) is 2.61. The second-order valence-corrected chi connectivity index (χ2v) is 6.14. The molecule has 0 aliphatic heterocycles. The van der Waals surface area contributed by atoms with Gasteiger partial charge in [0.05, 0.1) is 6.61 Å². The number of benzene rings is 2. The van der Waals surface area contributed by atoms with Crippen molar-refractivity contribution in [1.29, 1.82) is 0 Å². The first kappa shape index (κ1) is 20.0. The molecule has 26 heavy (non-hydrogen) atoms. The number of carbonyl (C=O) groups is 1. The van der Waals surface area contributed by atoms with Crippen LogP contribution in [0.1, 0.15) is 34.0 Å². The monoisotopic (exact) mass is 365 g/mol. The lowest BCUT2D eigenvalue weighted by molar-refractivity contribution is -0.176. The van der Waals surface area contributed by atoms with E-state index in [2.05, 4.69) is 11.7 Å². The summed E-state index contributed by atoms with van der Waals surface area (Å²) in [5, 5.41) is 0. The van der Waals surface area contributed by atoms with Crippen molar-refractivity contribution in [1.82, 2.24) is 4.90 Å². The van der Waals surface area contributed by atoms with E-state index in [0.717, 1.165) is 12.0 Å². The molecule has 0 saturated carbocycles. The highest BCUT2D eigenvalue weighted by Crippen LogP contribution is 2.16. The predicted molar refractivity (Wildman–Crippen MR) is 93.8 cm³/mol. The topological polar surface area (TPSA) is 29.5 Å². The van der Waals surface area contributed by atoms with Crippen LogP contribution in [0.3, 0.4) is 0 Å². The van der Waals surface area contributed by atoms with Crippen molar-refractivity contribution in [3.05, 3.63) is 70.8 Å². The molecule has 6 heteroatoms. The second-order valence-electron chi connectivity index (χ2n) is 6.14. The summed E-state index contributed by atoms with van der Waals surface area (Å²) in [7, 11) is 1.72. The first-order valence-electron chi connectivity index (χ1n) is 8.35. The first-order chi connectivity index (χ1) is 12.3. The standard InChI is InChI=1S/C20H22F3NO2/c1-3-15-4-6-16(7-5-15)12-24(2)19(25)18-10-8-17(9-11-18)13-26-14-20(21,22)23/h4-11H,3,12-14H2,1-2H3. The van der Waals surface area contributed by atoms with E-state index in [1.165, 1.54) is 5.56 Å². The summed E-state index contributed by atoms with van der Waals surface area (Å²) in [6.45, 7) is 1.14. The van der Waals surface area contributed by atoms with Crippen LogP contribution in [0.15, 0.2) is 48.5 Å². The van der Waals surface area contributed by atoms with Gasteiger partial charge in [-0.15, -0.1) is 0 Å². The van der Waals surface area contributed by atoms with Crippen LogP contribution in [-0.4, -0.2) is 30.6 Å². The van der Waals surface area contributed by atoms with E-state index in [0.29, 0.717) is 17.7 Å². The van der Waals surface area contributed by atoms with Crippen LogP contribution in [0.2, 0.25) is 0 Å². The Labute approximate surface area is 151 Å². The molecule has 2 aromatic carbocycles. The third kappa shape index (κ3) is 6.19. The fourth-order valence-electron chi connectivity index (χ4n) is 2.47. The minimum Gasteiger partial charge on any atom is -0.367 e. The molecule has 2 aromatic rings. The van der Waals surface area contributed by atoms with Crippen molar-refractivity contribution >= 4 is 5.91 Å². The van der Waals surface area contributed by atoms with E-state index in [-0.39, 0.29) is 12.5 Å². The van der Waals surface area contributed by atoms with E-state index < -0.39 is 12.8 Å². The lowest BCUT2D eigenvalue weighted by Gasteiger charge is -2.18. The number of rotatable bonds is 7. The number of alkyl halides is 3. The summed E-state index contributed by atoms with van der Waals surface area (Å²) in [4.78, 5) is 14.1. The number of ether oxygens (including phenoxy) is 1. The van der Waals surface area contributed by atoms with Gasteiger partial charge in [-0.05, 0) is 35.2 Å². The molecule has 0 aliphatic rings. The van der Waals surface area contributed by atoms with Crippen molar-refractivity contribution in [3.63, 3.8) is 0 Å². The van der Waals surface area contributed by atoms with Crippen LogP contribution < -0.4 is 0 Å². The normalized spacial score (nSPS) is 11.4. The Hall–Kier alpha value is -2.34. The van der Waals surface area contributed by atoms with Gasteiger partial charge in [0.1, 0.15) is 6.61 Å². The number of halogens is 3. The molecule has 0 aliphatic carbocycles. The molecular formula is C20H22F3NO2. The van der Waals surface area contributed by atoms with E-state index >= 15 is 0 Å². The Bertz CT molecular complexity index is 709. The van der Waals surface area contributed by atoms with E-state index in [9.17, 15) is 18.0 Å². The molecule has 0 fully saturated rings. The smallest absolute Gasteiger partial charge is 0.367 e. The number of aryl methyl sites for hydroxylation is 1. The highest BCUT2D eigenvalue weighted by atomic mass is 19.4. The Balaban J connectivity index is 1.91. The molecule has 0 saturated heterocycles. The lowest BCUT2D eigenvalue weighted by Crippen LogP contribution is -2.26. The molecular weight excluding hydrogens is 343 g/mol. The summed E-state index contributed by atoms with van der Waals surface area (Å²) in [5.41, 5.74) is 3.35. The second kappa shape index (κ2) is 8.85. The lowest BCUT2D eigenvalue weighted by atomic mass is 10.1. The summed E-state index contributed by atoms with van der Waals surface area (Å²) in [6, 6.07) is 14.5. The van der Waals surface area contributed by atoms with Crippen molar-refractivity contribution in [2.24, 2.45) is 0 Å². The average molecular weight is 365 g/mol. The summed E-state index contributed by atoms with van der Waals surface area (Å²) >= 11 is 0. The number of hydrogen-bond donors (Lipinski definition) is 0. The SMILES string of the molecule is CCc1ccc(CN(C)C(=O)c2ccc(COCC(F)(F)F)cc2)cc1. The van der Waals surface area contributed by atoms with Gasteiger partial charge >= 0.3 is 6.18 Å². The zero-order valence-corrected chi connectivity index (χ0v) is 14.8. The Morgan fingerprint density at radius 3 is 2.04 bits per heavy atom. The van der Waals surface area contributed by atoms with Crippen LogP contribution in [-0.2, 0) is 24.3 Å². The molecule has 0 bridgehead atoms. The maximum atomic E-state index is 12.5. The predicted octanol–water partition coefficient (Wildman–Crippen LogP) is 4.60. The quantitative estimate of drug-likeness (QED) is 0.718. The van der Waals surface area contributed by atoms with Gasteiger partial charge in [0.15, 0.2) is 0 Å². The molecule has 0 spiro atoms. The van der Waals surface area contributed by atoms with E-state index in [1.807, 2.05) is 24.3 Å². The van der Waals surface area contributed by atoms with Gasteiger partial charge in [-0.2, -0.15) is 13.2 Å². The molecule has 0 radical (unpaired) electrons. The molecule has 1 amide bonds. The van der Waals surface area contributed by atoms with Gasteiger partial charge in [-0.25, -0.2) is 0 Å². The molecule has 0 aromatic heterocycles. The molecule has 0 atom stereocenters. The number of nitrogens with zero attached hydrogens (tertiary/aromatic N) is 1. The van der Waals surface area contributed by atoms with Crippen LogP contribution in [0, 0.1) is 0 Å². The van der Waals surface area contributed by atoms with Crippen molar-refractivity contribution < 1.29 is 22.7 Å². The number of amides is 1. The fourth-order valence-corrected chi connectivity index (χ4v) is 2.47. The molecule has 3 nitrogen and oxygen atoms in total. The summed E-state index contributed by atoms with van der Waals surface area (Å²) in [5.74, 6) is -0.146. The maximum Gasteiger partial charge on any atom is 0.411 e. The van der Waals surface area contributed by atoms with Gasteiger partial charge in [-0.3, -0.25) is 4.79 Å². The van der Waals surface area contributed by atoms with Gasteiger partial charge in [-0.1, -0.05) is 43.3 Å². The largest absolute Gasteiger partial charge is 0.411 e.